The van der Waals surface area contributed by atoms with E-state index in [1.807, 2.05) is 6.07 Å². The van der Waals surface area contributed by atoms with Gasteiger partial charge < -0.3 is 10.1 Å². The number of rotatable bonds is 4. The van der Waals surface area contributed by atoms with Crippen LogP contribution in [-0.4, -0.2) is 29.2 Å². The number of aromatic nitrogens is 2. The predicted molar refractivity (Wildman–Crippen MR) is 79.1 cm³/mol. The van der Waals surface area contributed by atoms with Gasteiger partial charge >= 0.3 is 0 Å². The SMILES string of the molecule is c1ccc2c(c1)nc(OCC1CCCNC1)n2C1CC1. The zero-order valence-corrected chi connectivity index (χ0v) is 11.7. The van der Waals surface area contributed by atoms with Crippen molar-refractivity contribution in [1.82, 2.24) is 14.9 Å². The molecule has 0 radical (unpaired) electrons. The molecule has 0 amide bonds. The molecule has 1 atom stereocenters. The van der Waals surface area contributed by atoms with Gasteiger partial charge in [-0.15, -0.1) is 0 Å². The van der Waals surface area contributed by atoms with E-state index in [2.05, 4.69) is 33.1 Å². The van der Waals surface area contributed by atoms with Crippen LogP contribution in [0.5, 0.6) is 6.01 Å². The fraction of sp³-hybridized carbons (Fsp3) is 0.562. The summed E-state index contributed by atoms with van der Waals surface area (Å²) in [4.78, 5) is 4.68. The number of para-hydroxylation sites is 2. The molecular formula is C16H21N3O. The first-order valence-corrected chi connectivity index (χ1v) is 7.72. The van der Waals surface area contributed by atoms with Crippen LogP contribution in [0, 0.1) is 5.92 Å². The topological polar surface area (TPSA) is 39.1 Å². The summed E-state index contributed by atoms with van der Waals surface area (Å²) in [6, 6.07) is 9.76. The molecule has 20 heavy (non-hydrogen) atoms. The van der Waals surface area contributed by atoms with Gasteiger partial charge in [0.1, 0.15) is 0 Å². The van der Waals surface area contributed by atoms with Crippen molar-refractivity contribution in [1.29, 1.82) is 0 Å². The number of ether oxygens (including phenoxy) is 1. The first kappa shape index (κ1) is 12.2. The first-order valence-electron chi connectivity index (χ1n) is 7.72. The zero-order chi connectivity index (χ0) is 13.4. The minimum absolute atomic E-state index is 0.599. The molecule has 4 heteroatoms. The van der Waals surface area contributed by atoms with Crippen LogP contribution in [0.15, 0.2) is 24.3 Å². The Hall–Kier alpha value is -1.55. The van der Waals surface area contributed by atoms with Crippen LogP contribution in [0.3, 0.4) is 0 Å². The van der Waals surface area contributed by atoms with Crippen LogP contribution in [0.1, 0.15) is 31.7 Å². The van der Waals surface area contributed by atoms with Gasteiger partial charge in [0.05, 0.1) is 17.6 Å². The molecule has 0 spiro atoms. The maximum absolute atomic E-state index is 6.07. The number of benzene rings is 1. The van der Waals surface area contributed by atoms with Gasteiger partial charge in [0, 0.05) is 18.5 Å². The summed E-state index contributed by atoms with van der Waals surface area (Å²) in [5.74, 6) is 0.621. The Morgan fingerprint density at radius 3 is 2.95 bits per heavy atom. The van der Waals surface area contributed by atoms with E-state index >= 15 is 0 Å². The lowest BCUT2D eigenvalue weighted by Crippen LogP contribution is -2.33. The number of nitrogens with one attached hydrogen (secondary N) is 1. The number of hydrogen-bond donors (Lipinski definition) is 1. The molecule has 1 aliphatic heterocycles. The summed E-state index contributed by atoms with van der Waals surface area (Å²) in [7, 11) is 0. The summed E-state index contributed by atoms with van der Waals surface area (Å²) in [5.41, 5.74) is 2.27. The van der Waals surface area contributed by atoms with Gasteiger partial charge in [0.15, 0.2) is 0 Å². The molecule has 0 bridgehead atoms. The second-order valence-corrected chi connectivity index (χ2v) is 6.01. The van der Waals surface area contributed by atoms with Crippen LogP contribution < -0.4 is 10.1 Å². The third-order valence-electron chi connectivity index (χ3n) is 4.32. The first-order chi connectivity index (χ1) is 9.92. The van der Waals surface area contributed by atoms with Gasteiger partial charge in [-0.1, -0.05) is 12.1 Å². The molecule has 1 aliphatic carbocycles. The molecule has 1 aromatic heterocycles. The van der Waals surface area contributed by atoms with Gasteiger partial charge in [-0.25, -0.2) is 0 Å². The quantitative estimate of drug-likeness (QED) is 0.929. The highest BCUT2D eigenvalue weighted by Crippen LogP contribution is 2.40. The molecule has 2 fully saturated rings. The number of piperidine rings is 1. The summed E-state index contributed by atoms with van der Waals surface area (Å²) < 4.78 is 8.37. The second-order valence-electron chi connectivity index (χ2n) is 6.01. The molecule has 4 rings (SSSR count). The van der Waals surface area contributed by atoms with Crippen molar-refractivity contribution in [3.05, 3.63) is 24.3 Å². The summed E-state index contributed by atoms with van der Waals surface area (Å²) >= 11 is 0. The summed E-state index contributed by atoms with van der Waals surface area (Å²) in [6.07, 6.45) is 5.02. The van der Waals surface area contributed by atoms with E-state index < -0.39 is 0 Å². The van der Waals surface area contributed by atoms with Gasteiger partial charge in [-0.2, -0.15) is 4.98 Å². The minimum Gasteiger partial charge on any atom is -0.464 e. The lowest BCUT2D eigenvalue weighted by molar-refractivity contribution is 0.199. The smallest absolute Gasteiger partial charge is 0.297 e. The van der Waals surface area contributed by atoms with Crippen molar-refractivity contribution in [2.24, 2.45) is 5.92 Å². The largest absolute Gasteiger partial charge is 0.464 e. The molecule has 1 unspecified atom stereocenters. The van der Waals surface area contributed by atoms with E-state index in [0.717, 1.165) is 31.2 Å². The summed E-state index contributed by atoms with van der Waals surface area (Å²) in [6.45, 7) is 3.00. The van der Waals surface area contributed by atoms with Crippen molar-refractivity contribution in [3.8, 4) is 6.01 Å². The maximum Gasteiger partial charge on any atom is 0.297 e. The average Bonchev–Trinajstić information content (AvgIpc) is 3.27. The van der Waals surface area contributed by atoms with Crippen LogP contribution in [-0.2, 0) is 0 Å². The molecule has 1 saturated heterocycles. The van der Waals surface area contributed by atoms with E-state index in [4.69, 9.17) is 4.74 Å². The Bertz CT molecular complexity index is 597. The standard InChI is InChI=1S/C16H21N3O/c1-2-6-15-14(5-1)18-16(19(15)13-7-8-13)20-11-12-4-3-9-17-10-12/h1-2,5-6,12-13,17H,3-4,7-11H2. The molecule has 1 N–H and O–H groups in total. The van der Waals surface area contributed by atoms with Gasteiger partial charge in [0.2, 0.25) is 0 Å². The Kier molecular flexibility index (Phi) is 3.11. The third-order valence-corrected chi connectivity index (χ3v) is 4.32. The molecule has 2 aromatic rings. The number of nitrogens with zero attached hydrogens (tertiary/aromatic N) is 2. The summed E-state index contributed by atoms with van der Waals surface area (Å²) in [5, 5.41) is 3.44. The lowest BCUT2D eigenvalue weighted by Gasteiger charge is -2.22. The Balaban J connectivity index is 1.57. The number of fused-ring (bicyclic) bond motifs is 1. The minimum atomic E-state index is 0.599. The highest BCUT2D eigenvalue weighted by molar-refractivity contribution is 5.77. The third kappa shape index (κ3) is 2.29. The Morgan fingerprint density at radius 2 is 2.15 bits per heavy atom. The highest BCUT2D eigenvalue weighted by Gasteiger charge is 2.29. The fourth-order valence-electron chi connectivity index (χ4n) is 3.07. The van der Waals surface area contributed by atoms with Crippen LogP contribution in [0.25, 0.3) is 11.0 Å². The Morgan fingerprint density at radius 1 is 1.25 bits per heavy atom. The van der Waals surface area contributed by atoms with Crippen LogP contribution in [0.2, 0.25) is 0 Å². The molecule has 1 saturated carbocycles. The predicted octanol–water partition coefficient (Wildman–Crippen LogP) is 2.75. The zero-order valence-electron chi connectivity index (χ0n) is 11.7. The van der Waals surface area contributed by atoms with Crippen molar-refractivity contribution in [3.63, 3.8) is 0 Å². The Labute approximate surface area is 119 Å². The average molecular weight is 271 g/mol. The van der Waals surface area contributed by atoms with Crippen LogP contribution in [0.4, 0.5) is 0 Å². The van der Waals surface area contributed by atoms with Crippen molar-refractivity contribution in [2.75, 3.05) is 19.7 Å². The van der Waals surface area contributed by atoms with E-state index in [0.29, 0.717) is 12.0 Å². The lowest BCUT2D eigenvalue weighted by atomic mass is 10.0. The van der Waals surface area contributed by atoms with Crippen molar-refractivity contribution < 1.29 is 4.74 Å². The van der Waals surface area contributed by atoms with E-state index in [9.17, 15) is 0 Å². The van der Waals surface area contributed by atoms with E-state index in [-0.39, 0.29) is 0 Å². The van der Waals surface area contributed by atoms with Gasteiger partial charge in [0.25, 0.3) is 6.01 Å². The molecule has 2 aliphatic rings. The van der Waals surface area contributed by atoms with E-state index in [1.165, 1.54) is 31.2 Å². The molecule has 2 heterocycles. The monoisotopic (exact) mass is 271 g/mol. The fourth-order valence-corrected chi connectivity index (χ4v) is 3.07. The molecular weight excluding hydrogens is 250 g/mol. The van der Waals surface area contributed by atoms with Gasteiger partial charge in [-0.3, -0.25) is 4.57 Å². The van der Waals surface area contributed by atoms with Crippen LogP contribution >= 0.6 is 0 Å². The van der Waals surface area contributed by atoms with E-state index in [1.54, 1.807) is 0 Å². The molecule has 4 nitrogen and oxygen atoms in total. The van der Waals surface area contributed by atoms with Crippen molar-refractivity contribution in [2.45, 2.75) is 31.7 Å². The number of imidazole rings is 1. The van der Waals surface area contributed by atoms with Gasteiger partial charge in [-0.05, 0) is 44.4 Å². The number of hydrogen-bond acceptors (Lipinski definition) is 3. The molecule has 1 aromatic carbocycles. The highest BCUT2D eigenvalue weighted by atomic mass is 16.5. The molecule has 106 valence electrons. The van der Waals surface area contributed by atoms with Crippen molar-refractivity contribution >= 4 is 11.0 Å². The normalized spacial score (nSPS) is 23.1. The maximum atomic E-state index is 6.07. The second kappa shape index (κ2) is 5.09.